The largest absolute Gasteiger partial charge is 0.472 e. The molecule has 0 aromatic heterocycles. The molecule has 0 N–H and O–H groups in total. The van der Waals surface area contributed by atoms with Gasteiger partial charge in [0.05, 0.1) is 0 Å². The first-order valence-electron chi connectivity index (χ1n) is 26.8. The normalized spacial score (nSPS) is 14.5. The molecular weight excluding hydrogens is 1230 g/mol. The predicted molar refractivity (Wildman–Crippen MR) is 345 cm³/mol. The second-order valence-electron chi connectivity index (χ2n) is 22.1. The Bertz CT molecular complexity index is 1200. The van der Waals surface area contributed by atoms with Crippen LogP contribution in [0.15, 0.2) is 0 Å². The number of hydrogen-bond donors (Lipinski definition) is 0. The van der Waals surface area contributed by atoms with Crippen molar-refractivity contribution in [3.8, 4) is 0 Å². The van der Waals surface area contributed by atoms with Crippen molar-refractivity contribution in [3.05, 3.63) is 0 Å². The summed E-state index contributed by atoms with van der Waals surface area (Å²) in [6.45, 7) is 61.8. The molecule has 0 saturated carbocycles. The summed E-state index contributed by atoms with van der Waals surface area (Å²) < 4.78 is 116. The smallest absolute Gasteiger partial charge is 0.420 e. The molecule has 70 heavy (non-hydrogen) atoms. The van der Waals surface area contributed by atoms with E-state index >= 15 is 0 Å². The first-order chi connectivity index (χ1) is 31.9. The highest BCUT2D eigenvalue weighted by molar-refractivity contribution is 6.90. The van der Waals surface area contributed by atoms with E-state index in [2.05, 4.69) is 183 Å². The van der Waals surface area contributed by atoms with Crippen LogP contribution in [-0.4, -0.2) is 179 Å². The van der Waals surface area contributed by atoms with Gasteiger partial charge in [0.15, 0.2) is 127 Å². The highest BCUT2D eigenvalue weighted by Crippen LogP contribution is 2.39. The van der Waals surface area contributed by atoms with Gasteiger partial charge in [0, 0.05) is 36.3 Å². The second kappa shape index (κ2) is 34.8. The monoisotopic (exact) mass is 1330 g/mol. The Kier molecular flexibility index (Phi) is 36.6. The quantitative estimate of drug-likeness (QED) is 0.0602. The van der Waals surface area contributed by atoms with Crippen LogP contribution >= 0.6 is 0 Å². The third-order valence-electron chi connectivity index (χ3n) is 8.65. The van der Waals surface area contributed by atoms with Gasteiger partial charge in [0.1, 0.15) is 0 Å². The van der Waals surface area contributed by atoms with Crippen molar-refractivity contribution in [2.75, 3.05) is 0 Å². The van der Waals surface area contributed by atoms with Crippen molar-refractivity contribution in [1.82, 2.24) is 0 Å². The topological polar surface area (TPSA) is 148 Å². The molecule has 16 nitrogen and oxygen atoms in total. The van der Waals surface area contributed by atoms with Crippen LogP contribution in [0.3, 0.4) is 0 Å². The van der Waals surface area contributed by atoms with Crippen molar-refractivity contribution in [2.24, 2.45) is 0 Å². The van der Waals surface area contributed by atoms with Crippen LogP contribution in [0.25, 0.3) is 0 Å². The van der Waals surface area contributed by atoms with E-state index in [1.54, 1.807) is 0 Å². The van der Waals surface area contributed by atoms with Gasteiger partial charge in [0.2, 0.25) is 0 Å². The average molecular weight is 1340 g/mol. The van der Waals surface area contributed by atoms with Gasteiger partial charge in [-0.25, -0.2) is 0 Å². The zero-order valence-corrected chi connectivity index (χ0v) is 72.0. The maximum absolute atomic E-state index is 7.87. The first-order valence-corrected chi connectivity index (χ1v) is 77.3. The van der Waals surface area contributed by atoms with Crippen molar-refractivity contribution in [2.45, 2.75) is 220 Å². The fraction of sp³-hybridized carbons (Fsp3) is 1.00. The lowest BCUT2D eigenvalue weighted by molar-refractivity contribution is 0.168. The molecule has 0 unspecified atom stereocenters. The summed E-state index contributed by atoms with van der Waals surface area (Å²) in [7, 11) is -45.0. The number of rotatable bonds is 41. The molecule has 0 aliphatic rings. The maximum atomic E-state index is 7.87. The van der Waals surface area contributed by atoms with Gasteiger partial charge in [-0.2, -0.15) is 0 Å². The molecule has 0 radical (unpaired) electrons. The minimum atomic E-state index is -3.70. The average Bonchev–Trinajstić information content (AvgIpc) is 3.08. The SMILES string of the molecule is C[SiH](C)O[Si](CC[Si](O[SiH](C)C)(O[SiH](C)C)O[Si](CC[Si](O[SiH](C)C)(O[SiH](C)C)O[Si](CC[Si](O[SiH](C)C)(O[SiH](C)C)O[SiH](C)C)(O[SiH](C)C)O[SiH](C)C)(O[SiH](C)C)O[SiH](C)C)(O[SiH](C)C)O[SiH](C)C. The molecule has 0 amide bonds. The van der Waals surface area contributed by atoms with Crippen LogP contribution < -0.4 is 0 Å². The molecule has 0 heterocycles. The Labute approximate surface area is 461 Å². The van der Waals surface area contributed by atoms with Gasteiger partial charge in [-0.05, 0) is 183 Å². The van der Waals surface area contributed by atoms with E-state index < -0.39 is 179 Å². The van der Waals surface area contributed by atoms with Gasteiger partial charge < -0.3 is 65.8 Å². The number of hydrogen-bond acceptors (Lipinski definition) is 16. The summed E-state index contributed by atoms with van der Waals surface area (Å²) in [6, 6.07) is 3.00. The fourth-order valence-corrected chi connectivity index (χ4v) is 79.7. The molecule has 0 rings (SSSR count). The van der Waals surface area contributed by atoms with Gasteiger partial charge in [0.25, 0.3) is 0 Å². The lowest BCUT2D eigenvalue weighted by atomic mass is 11.0. The summed E-state index contributed by atoms with van der Waals surface area (Å²) in [5, 5.41) is 0. The van der Waals surface area contributed by atoms with E-state index in [1.165, 1.54) is 0 Å². The summed E-state index contributed by atoms with van der Waals surface area (Å²) in [5.41, 5.74) is 0. The molecule has 0 aliphatic heterocycles. The standard InChI is InChI=1S/C34H110O16Si20/c1-51(2)35-65(36-52(3)4,37-53(5)6)29-31-67(41-57(13)14,42-58(15)16)49-69(45-61(21)22,46-62(23)24)33-34-70(47-63(25)26,48-64(27)28)50-68(43-59(17)18,44-60(19)20)32-30-66(38-54(7)8,39-55(9)10)40-56(11)12/h51-64H,29-34H2,1-28H3. The van der Waals surface area contributed by atoms with E-state index in [1.807, 2.05) is 0 Å². The van der Waals surface area contributed by atoms with E-state index in [-0.39, 0.29) is 0 Å². The second-order valence-corrected chi connectivity index (χ2v) is 77.5. The van der Waals surface area contributed by atoms with Crippen LogP contribution in [0.1, 0.15) is 0 Å². The van der Waals surface area contributed by atoms with Crippen molar-refractivity contribution in [3.63, 3.8) is 0 Å². The highest BCUT2D eigenvalue weighted by Gasteiger charge is 2.61. The Morgan fingerprint density at radius 2 is 0.243 bits per heavy atom. The van der Waals surface area contributed by atoms with Gasteiger partial charge in [-0.15, -0.1) is 0 Å². The van der Waals surface area contributed by atoms with Crippen LogP contribution in [0.2, 0.25) is 220 Å². The van der Waals surface area contributed by atoms with Crippen LogP contribution in [0.4, 0.5) is 0 Å². The summed E-state index contributed by atoms with van der Waals surface area (Å²) in [4.78, 5) is 0. The molecule has 0 bridgehead atoms. The van der Waals surface area contributed by atoms with Crippen molar-refractivity contribution >= 4 is 179 Å². The van der Waals surface area contributed by atoms with Crippen molar-refractivity contribution < 1.29 is 65.8 Å². The summed E-state index contributed by atoms with van der Waals surface area (Å²) in [5.74, 6) is 0. The fourth-order valence-electron chi connectivity index (χ4n) is 7.92. The molecule has 36 heteroatoms. The van der Waals surface area contributed by atoms with E-state index in [0.29, 0.717) is 36.3 Å². The maximum Gasteiger partial charge on any atom is 0.472 e. The van der Waals surface area contributed by atoms with Crippen molar-refractivity contribution in [1.29, 1.82) is 0 Å². The summed E-state index contributed by atoms with van der Waals surface area (Å²) >= 11 is 0. The van der Waals surface area contributed by atoms with Gasteiger partial charge in [-0.1, -0.05) is 0 Å². The molecule has 0 spiro atoms. The summed E-state index contributed by atoms with van der Waals surface area (Å²) in [6.07, 6.45) is 0. The molecule has 0 fully saturated rings. The molecule has 0 aliphatic carbocycles. The van der Waals surface area contributed by atoms with E-state index in [9.17, 15) is 0 Å². The van der Waals surface area contributed by atoms with Gasteiger partial charge in [-0.3, -0.25) is 0 Å². The zero-order chi connectivity index (χ0) is 54.6. The predicted octanol–water partition coefficient (Wildman–Crippen LogP) is 6.65. The third-order valence-corrected chi connectivity index (χ3v) is 66.8. The molecule has 0 saturated heterocycles. The lowest BCUT2D eigenvalue weighted by Crippen LogP contribution is -2.66. The molecular formula is C34H110O16Si20. The van der Waals surface area contributed by atoms with Crippen LogP contribution in [0.5, 0.6) is 0 Å². The minimum absolute atomic E-state index is 0.426. The molecule has 422 valence electrons. The Morgan fingerprint density at radius 3 is 0.343 bits per heavy atom. The highest BCUT2D eigenvalue weighted by atomic mass is 28.5. The lowest BCUT2D eigenvalue weighted by Gasteiger charge is -2.46. The van der Waals surface area contributed by atoms with E-state index in [4.69, 9.17) is 65.8 Å². The Morgan fingerprint density at radius 1 is 0.157 bits per heavy atom. The Balaban J connectivity index is 8.46. The zero-order valence-electron chi connectivity index (χ0n) is 49.9. The minimum Gasteiger partial charge on any atom is -0.420 e. The molecule has 0 atom stereocenters. The van der Waals surface area contributed by atoms with Gasteiger partial charge >= 0.3 is 52.8 Å². The molecule has 0 aromatic rings. The van der Waals surface area contributed by atoms with E-state index in [0.717, 1.165) is 0 Å². The van der Waals surface area contributed by atoms with Crippen LogP contribution in [0, 0.1) is 0 Å². The Hall–Kier alpha value is 3.70. The molecule has 0 aromatic carbocycles. The van der Waals surface area contributed by atoms with Crippen LogP contribution in [-0.2, 0) is 65.8 Å². The first kappa shape index (κ1) is 73.7. The third kappa shape index (κ3) is 31.5.